The van der Waals surface area contributed by atoms with Gasteiger partial charge >= 0.3 is 0 Å². The summed E-state index contributed by atoms with van der Waals surface area (Å²) in [6.07, 6.45) is 0. The molecule has 1 amide bonds. The van der Waals surface area contributed by atoms with Gasteiger partial charge in [0, 0.05) is 18.7 Å². The number of anilines is 1. The topological polar surface area (TPSA) is 99.2 Å². The molecule has 2 aromatic heterocycles. The van der Waals surface area contributed by atoms with Gasteiger partial charge in [0.15, 0.2) is 11.5 Å². The first-order valence-corrected chi connectivity index (χ1v) is 9.03. The summed E-state index contributed by atoms with van der Waals surface area (Å²) in [5.74, 6) is 0.824. The van der Waals surface area contributed by atoms with Gasteiger partial charge in [-0.15, -0.1) is 0 Å². The SMILES string of the molecule is Cc1nc2cc(NC(=O)c3ccc(=O)n(CCOc4ccccc4)n3)ccc2o1. The quantitative estimate of drug-likeness (QED) is 0.543. The van der Waals surface area contributed by atoms with Crippen LogP contribution in [0.25, 0.3) is 11.1 Å². The number of carbonyl (C=O) groups is 1. The molecule has 0 aliphatic rings. The Bertz CT molecular complexity index is 1210. The molecule has 0 unspecified atom stereocenters. The minimum absolute atomic E-state index is 0.126. The molecule has 0 radical (unpaired) electrons. The molecule has 0 aliphatic heterocycles. The number of amides is 1. The van der Waals surface area contributed by atoms with E-state index in [2.05, 4.69) is 15.4 Å². The summed E-state index contributed by atoms with van der Waals surface area (Å²) in [5, 5.41) is 6.90. The molecule has 0 saturated heterocycles. The van der Waals surface area contributed by atoms with Crippen molar-refractivity contribution in [2.45, 2.75) is 13.5 Å². The largest absolute Gasteiger partial charge is 0.492 e. The Labute approximate surface area is 165 Å². The van der Waals surface area contributed by atoms with E-state index in [1.807, 2.05) is 30.3 Å². The van der Waals surface area contributed by atoms with E-state index in [0.717, 1.165) is 0 Å². The van der Waals surface area contributed by atoms with Gasteiger partial charge in [-0.05, 0) is 36.4 Å². The van der Waals surface area contributed by atoms with Crippen molar-refractivity contribution in [2.24, 2.45) is 0 Å². The van der Waals surface area contributed by atoms with Crippen molar-refractivity contribution in [1.82, 2.24) is 14.8 Å². The highest BCUT2D eigenvalue weighted by Gasteiger charge is 2.12. The molecular formula is C21H18N4O4. The number of fused-ring (bicyclic) bond motifs is 1. The van der Waals surface area contributed by atoms with Gasteiger partial charge in [0.2, 0.25) is 0 Å². The van der Waals surface area contributed by atoms with Crippen LogP contribution >= 0.6 is 0 Å². The first kappa shape index (κ1) is 18.4. The summed E-state index contributed by atoms with van der Waals surface area (Å²) < 4.78 is 12.2. The molecule has 8 nitrogen and oxygen atoms in total. The van der Waals surface area contributed by atoms with Crippen molar-refractivity contribution >= 4 is 22.7 Å². The second-order valence-electron chi connectivity index (χ2n) is 6.31. The van der Waals surface area contributed by atoms with Crippen LogP contribution in [0.15, 0.2) is 69.9 Å². The molecule has 8 heteroatoms. The fourth-order valence-corrected chi connectivity index (χ4v) is 2.81. The number of rotatable bonds is 6. The van der Waals surface area contributed by atoms with E-state index in [9.17, 15) is 9.59 Å². The maximum atomic E-state index is 12.6. The van der Waals surface area contributed by atoms with Crippen molar-refractivity contribution in [2.75, 3.05) is 11.9 Å². The zero-order valence-electron chi connectivity index (χ0n) is 15.7. The third-order valence-corrected chi connectivity index (χ3v) is 4.17. The van der Waals surface area contributed by atoms with E-state index in [1.165, 1.54) is 16.8 Å². The molecule has 4 aromatic rings. The lowest BCUT2D eigenvalue weighted by Gasteiger charge is -2.09. The molecule has 4 rings (SSSR count). The first-order valence-electron chi connectivity index (χ1n) is 9.03. The minimum atomic E-state index is -0.428. The highest BCUT2D eigenvalue weighted by molar-refractivity contribution is 6.03. The number of nitrogens with zero attached hydrogens (tertiary/aromatic N) is 3. The van der Waals surface area contributed by atoms with Crippen LogP contribution in [0.3, 0.4) is 0 Å². The Morgan fingerprint density at radius 3 is 2.79 bits per heavy atom. The molecule has 2 heterocycles. The molecule has 0 spiro atoms. The molecule has 0 atom stereocenters. The second kappa shape index (κ2) is 7.97. The third kappa shape index (κ3) is 4.32. The molecule has 0 fully saturated rings. The van der Waals surface area contributed by atoms with Crippen LogP contribution in [0.4, 0.5) is 5.69 Å². The number of oxazole rings is 1. The average Bonchev–Trinajstić information content (AvgIpc) is 3.09. The number of ether oxygens (including phenoxy) is 1. The molecule has 0 aliphatic carbocycles. The average molecular weight is 390 g/mol. The summed E-state index contributed by atoms with van der Waals surface area (Å²) in [6, 6.07) is 17.1. The fraction of sp³-hybridized carbons (Fsp3) is 0.143. The standard InChI is InChI=1S/C21H18N4O4/c1-14-22-18-13-15(7-9-19(18)29-14)23-21(27)17-8-10-20(26)25(24-17)11-12-28-16-5-3-2-4-6-16/h2-10,13H,11-12H2,1H3,(H,23,27). The van der Waals surface area contributed by atoms with Crippen molar-refractivity contribution in [3.8, 4) is 5.75 Å². The summed E-state index contributed by atoms with van der Waals surface area (Å²) in [6.45, 7) is 2.23. The van der Waals surface area contributed by atoms with E-state index >= 15 is 0 Å². The Morgan fingerprint density at radius 2 is 1.97 bits per heavy atom. The van der Waals surface area contributed by atoms with Gasteiger partial charge in [-0.2, -0.15) is 5.10 Å². The van der Waals surface area contributed by atoms with E-state index in [0.29, 0.717) is 28.4 Å². The Morgan fingerprint density at radius 1 is 1.14 bits per heavy atom. The first-order chi connectivity index (χ1) is 14.1. The van der Waals surface area contributed by atoms with Crippen LogP contribution in [-0.2, 0) is 6.54 Å². The van der Waals surface area contributed by atoms with E-state index in [1.54, 1.807) is 25.1 Å². The number of nitrogens with one attached hydrogen (secondary N) is 1. The van der Waals surface area contributed by atoms with Gasteiger partial charge in [0.25, 0.3) is 11.5 Å². The van der Waals surface area contributed by atoms with Gasteiger partial charge in [0.05, 0.1) is 6.54 Å². The van der Waals surface area contributed by atoms with Crippen LogP contribution in [0, 0.1) is 6.92 Å². The normalized spacial score (nSPS) is 10.8. The highest BCUT2D eigenvalue weighted by atomic mass is 16.5. The number of carbonyl (C=O) groups excluding carboxylic acids is 1. The molecule has 0 bridgehead atoms. The van der Waals surface area contributed by atoms with Gasteiger partial charge in [0.1, 0.15) is 23.6 Å². The lowest BCUT2D eigenvalue weighted by molar-refractivity contribution is 0.101. The lowest BCUT2D eigenvalue weighted by Crippen LogP contribution is -2.28. The van der Waals surface area contributed by atoms with Crippen molar-refractivity contribution in [3.63, 3.8) is 0 Å². The summed E-state index contributed by atoms with van der Waals surface area (Å²) in [4.78, 5) is 28.8. The third-order valence-electron chi connectivity index (χ3n) is 4.17. The minimum Gasteiger partial charge on any atom is -0.492 e. The van der Waals surface area contributed by atoms with Crippen molar-refractivity contribution in [3.05, 3.63) is 82.6 Å². The van der Waals surface area contributed by atoms with Crippen molar-refractivity contribution in [1.29, 1.82) is 0 Å². The smallest absolute Gasteiger partial charge is 0.276 e. The lowest BCUT2D eigenvalue weighted by atomic mass is 10.2. The molecule has 2 aromatic carbocycles. The molecule has 29 heavy (non-hydrogen) atoms. The number of aryl methyl sites for hydroxylation is 1. The molecule has 1 N–H and O–H groups in total. The Balaban J connectivity index is 1.45. The second-order valence-corrected chi connectivity index (χ2v) is 6.31. The predicted molar refractivity (Wildman–Crippen MR) is 107 cm³/mol. The number of para-hydroxylation sites is 1. The van der Waals surface area contributed by atoms with E-state index in [-0.39, 0.29) is 24.4 Å². The van der Waals surface area contributed by atoms with E-state index < -0.39 is 5.91 Å². The van der Waals surface area contributed by atoms with Crippen LogP contribution in [0.1, 0.15) is 16.4 Å². The maximum absolute atomic E-state index is 12.6. The predicted octanol–water partition coefficient (Wildman–Crippen LogP) is 3.02. The summed E-state index contributed by atoms with van der Waals surface area (Å²) in [5.41, 5.74) is 1.67. The molecular weight excluding hydrogens is 372 g/mol. The van der Waals surface area contributed by atoms with E-state index in [4.69, 9.17) is 9.15 Å². The summed E-state index contributed by atoms with van der Waals surface area (Å²) >= 11 is 0. The van der Waals surface area contributed by atoms with Crippen LogP contribution < -0.4 is 15.6 Å². The maximum Gasteiger partial charge on any atom is 0.276 e. The van der Waals surface area contributed by atoms with Crippen LogP contribution in [0.5, 0.6) is 5.75 Å². The number of aromatic nitrogens is 3. The van der Waals surface area contributed by atoms with Gasteiger partial charge in [-0.3, -0.25) is 9.59 Å². The van der Waals surface area contributed by atoms with Gasteiger partial charge < -0.3 is 14.5 Å². The zero-order valence-corrected chi connectivity index (χ0v) is 15.7. The van der Waals surface area contributed by atoms with Gasteiger partial charge in [-0.25, -0.2) is 9.67 Å². The van der Waals surface area contributed by atoms with Gasteiger partial charge in [-0.1, -0.05) is 18.2 Å². The highest BCUT2D eigenvalue weighted by Crippen LogP contribution is 2.20. The Kier molecular flexibility index (Phi) is 5.07. The monoisotopic (exact) mass is 390 g/mol. The molecule has 0 saturated carbocycles. The molecule has 146 valence electrons. The van der Waals surface area contributed by atoms with Crippen LogP contribution in [-0.4, -0.2) is 27.3 Å². The number of hydrogen-bond acceptors (Lipinski definition) is 6. The Hall–Kier alpha value is -3.94. The number of benzene rings is 2. The number of hydrogen-bond donors (Lipinski definition) is 1. The summed E-state index contributed by atoms with van der Waals surface area (Å²) in [7, 11) is 0. The fourth-order valence-electron chi connectivity index (χ4n) is 2.81. The van der Waals surface area contributed by atoms with Crippen molar-refractivity contribution < 1.29 is 13.9 Å². The zero-order chi connectivity index (χ0) is 20.2. The van der Waals surface area contributed by atoms with Crippen LogP contribution in [0.2, 0.25) is 0 Å².